The molecule has 1 saturated heterocycles. The van der Waals surface area contributed by atoms with Crippen LogP contribution >= 0.6 is 11.6 Å². The van der Waals surface area contributed by atoms with Crippen LogP contribution in [-0.2, 0) is 26.8 Å². The normalized spacial score (nSPS) is 17.1. The van der Waals surface area contributed by atoms with Crippen LogP contribution in [0.15, 0.2) is 54.6 Å². The second-order valence-electron chi connectivity index (χ2n) is 7.54. The fourth-order valence-electron chi connectivity index (χ4n) is 4.06. The highest BCUT2D eigenvalue weighted by Gasteiger charge is 2.45. The summed E-state index contributed by atoms with van der Waals surface area (Å²) in [4.78, 5) is 15.4. The minimum absolute atomic E-state index is 0.0113. The van der Waals surface area contributed by atoms with Gasteiger partial charge in [-0.1, -0.05) is 54.1 Å². The third-order valence-corrected chi connectivity index (χ3v) is 7.84. The second kappa shape index (κ2) is 8.86. The molecular formula is C22H27ClN2O3S. The first kappa shape index (κ1) is 21.8. The molecule has 1 aliphatic rings. The number of likely N-dealkylation sites (N-methyl/N-ethyl adjacent to an activating group) is 1. The van der Waals surface area contributed by atoms with Gasteiger partial charge in [0.2, 0.25) is 15.9 Å². The SMILES string of the molecule is CCS(=O)(=O)N1CCC(C(=O)N(C)Cc2cccc(Cl)c2)(c2ccccc2)CC1. The summed E-state index contributed by atoms with van der Waals surface area (Å²) < 4.78 is 26.1. The van der Waals surface area contributed by atoms with Gasteiger partial charge in [0.15, 0.2) is 0 Å². The van der Waals surface area contributed by atoms with E-state index in [1.165, 1.54) is 4.31 Å². The third kappa shape index (κ3) is 4.65. The number of carbonyl (C=O) groups is 1. The molecule has 0 aliphatic carbocycles. The summed E-state index contributed by atoms with van der Waals surface area (Å²) in [5.74, 6) is 0.0887. The number of rotatable bonds is 6. The molecule has 156 valence electrons. The van der Waals surface area contributed by atoms with Gasteiger partial charge >= 0.3 is 0 Å². The lowest BCUT2D eigenvalue weighted by molar-refractivity contribution is -0.138. The Morgan fingerprint density at radius 3 is 2.34 bits per heavy atom. The van der Waals surface area contributed by atoms with E-state index < -0.39 is 15.4 Å². The Bertz CT molecular complexity index is 955. The molecule has 0 saturated carbocycles. The van der Waals surface area contributed by atoms with Crippen molar-refractivity contribution in [1.82, 2.24) is 9.21 Å². The minimum atomic E-state index is -3.26. The molecule has 2 aromatic rings. The first-order valence-corrected chi connectivity index (χ1v) is 11.8. The molecule has 0 atom stereocenters. The molecule has 0 aromatic heterocycles. The highest BCUT2D eigenvalue weighted by Crippen LogP contribution is 2.38. The number of amides is 1. The molecule has 1 fully saturated rings. The number of carbonyl (C=O) groups excluding carboxylic acids is 1. The average Bonchev–Trinajstić information content (AvgIpc) is 2.74. The Hall–Kier alpha value is -1.89. The zero-order valence-corrected chi connectivity index (χ0v) is 18.4. The molecule has 1 heterocycles. The second-order valence-corrected chi connectivity index (χ2v) is 10.2. The van der Waals surface area contributed by atoms with Crippen LogP contribution in [0, 0.1) is 0 Å². The lowest BCUT2D eigenvalue weighted by Crippen LogP contribution is -2.53. The maximum atomic E-state index is 13.7. The molecule has 1 amide bonds. The predicted molar refractivity (Wildman–Crippen MR) is 116 cm³/mol. The number of piperidine rings is 1. The maximum Gasteiger partial charge on any atom is 0.233 e. The standard InChI is InChI=1S/C22H27ClN2O3S/c1-3-29(27,28)25-14-12-22(13-15-25,19-9-5-4-6-10-19)21(26)24(2)17-18-8-7-11-20(23)16-18/h4-11,16H,3,12-15,17H2,1-2H3. The van der Waals surface area contributed by atoms with Crippen LogP contribution in [0.5, 0.6) is 0 Å². The monoisotopic (exact) mass is 434 g/mol. The summed E-state index contributed by atoms with van der Waals surface area (Å²) in [5, 5.41) is 0.638. The van der Waals surface area contributed by atoms with E-state index in [9.17, 15) is 13.2 Å². The van der Waals surface area contributed by atoms with Crippen molar-refractivity contribution >= 4 is 27.5 Å². The number of hydrogen-bond acceptors (Lipinski definition) is 3. The Balaban J connectivity index is 1.87. The summed E-state index contributed by atoms with van der Waals surface area (Å²) >= 11 is 6.09. The summed E-state index contributed by atoms with van der Waals surface area (Å²) in [6.07, 6.45) is 0.934. The first-order valence-electron chi connectivity index (χ1n) is 9.82. The Labute approximate surface area is 178 Å². The van der Waals surface area contributed by atoms with Crippen molar-refractivity contribution < 1.29 is 13.2 Å². The molecule has 0 radical (unpaired) electrons. The van der Waals surface area contributed by atoms with Crippen molar-refractivity contribution in [2.24, 2.45) is 0 Å². The highest BCUT2D eigenvalue weighted by molar-refractivity contribution is 7.89. The van der Waals surface area contributed by atoms with E-state index in [2.05, 4.69) is 0 Å². The molecule has 3 rings (SSSR count). The Kier molecular flexibility index (Phi) is 6.66. The van der Waals surface area contributed by atoms with E-state index in [-0.39, 0.29) is 11.7 Å². The van der Waals surface area contributed by atoms with Crippen molar-refractivity contribution in [3.8, 4) is 0 Å². The van der Waals surface area contributed by atoms with Crippen molar-refractivity contribution in [1.29, 1.82) is 0 Å². The summed E-state index contributed by atoms with van der Waals surface area (Å²) in [7, 11) is -1.46. The van der Waals surface area contributed by atoms with Crippen LogP contribution in [0.3, 0.4) is 0 Å². The number of benzene rings is 2. The number of nitrogens with zero attached hydrogens (tertiary/aromatic N) is 2. The molecule has 0 N–H and O–H groups in total. The largest absolute Gasteiger partial charge is 0.341 e. The minimum Gasteiger partial charge on any atom is -0.341 e. The molecular weight excluding hydrogens is 408 g/mol. The van der Waals surface area contributed by atoms with Gasteiger partial charge in [0.05, 0.1) is 11.2 Å². The van der Waals surface area contributed by atoms with Crippen molar-refractivity contribution in [2.75, 3.05) is 25.9 Å². The lowest BCUT2D eigenvalue weighted by Gasteiger charge is -2.42. The maximum absolute atomic E-state index is 13.7. The predicted octanol–water partition coefficient (Wildman–Crippen LogP) is 3.68. The molecule has 7 heteroatoms. The summed E-state index contributed by atoms with van der Waals surface area (Å²) in [6.45, 7) is 2.80. The van der Waals surface area contributed by atoms with Gasteiger partial charge in [-0.25, -0.2) is 12.7 Å². The lowest BCUT2D eigenvalue weighted by atomic mass is 9.72. The van der Waals surface area contributed by atoms with Crippen LogP contribution < -0.4 is 0 Å². The van der Waals surface area contributed by atoms with E-state index >= 15 is 0 Å². The van der Waals surface area contributed by atoms with Gasteiger partial charge < -0.3 is 4.90 Å². The van der Waals surface area contributed by atoms with E-state index in [0.717, 1.165) is 11.1 Å². The first-order chi connectivity index (χ1) is 13.8. The number of hydrogen-bond donors (Lipinski definition) is 0. The molecule has 2 aromatic carbocycles. The third-order valence-electron chi connectivity index (χ3n) is 5.73. The molecule has 29 heavy (non-hydrogen) atoms. The van der Waals surface area contributed by atoms with Crippen LogP contribution in [0.4, 0.5) is 0 Å². The van der Waals surface area contributed by atoms with E-state index in [0.29, 0.717) is 37.5 Å². The zero-order chi connectivity index (χ0) is 21.1. The molecule has 5 nitrogen and oxygen atoms in total. The van der Waals surface area contributed by atoms with E-state index in [1.807, 2.05) is 54.6 Å². The van der Waals surface area contributed by atoms with Gasteiger partial charge in [0, 0.05) is 31.7 Å². The number of halogens is 1. The van der Waals surface area contributed by atoms with Crippen LogP contribution in [0.25, 0.3) is 0 Å². The summed E-state index contributed by atoms with van der Waals surface area (Å²) in [5.41, 5.74) is 1.17. The van der Waals surface area contributed by atoms with Crippen LogP contribution in [-0.4, -0.2) is 49.4 Å². The van der Waals surface area contributed by atoms with Gasteiger partial charge in [0.25, 0.3) is 0 Å². The van der Waals surface area contributed by atoms with Crippen LogP contribution in [0.1, 0.15) is 30.9 Å². The van der Waals surface area contributed by atoms with Crippen molar-refractivity contribution in [3.05, 3.63) is 70.7 Å². The van der Waals surface area contributed by atoms with Crippen molar-refractivity contribution in [2.45, 2.75) is 31.7 Å². The smallest absolute Gasteiger partial charge is 0.233 e. The zero-order valence-electron chi connectivity index (χ0n) is 16.8. The fourth-order valence-corrected chi connectivity index (χ4v) is 5.38. The molecule has 1 aliphatic heterocycles. The van der Waals surface area contributed by atoms with E-state index in [4.69, 9.17) is 11.6 Å². The van der Waals surface area contributed by atoms with Crippen LogP contribution in [0.2, 0.25) is 5.02 Å². The van der Waals surface area contributed by atoms with Gasteiger partial charge in [-0.3, -0.25) is 4.79 Å². The topological polar surface area (TPSA) is 57.7 Å². The number of sulfonamides is 1. The highest BCUT2D eigenvalue weighted by atomic mass is 35.5. The Morgan fingerprint density at radius 2 is 1.76 bits per heavy atom. The van der Waals surface area contributed by atoms with Crippen molar-refractivity contribution in [3.63, 3.8) is 0 Å². The molecule has 0 spiro atoms. The molecule has 0 bridgehead atoms. The Morgan fingerprint density at radius 1 is 1.10 bits per heavy atom. The quantitative estimate of drug-likeness (QED) is 0.696. The van der Waals surface area contributed by atoms with Gasteiger partial charge in [-0.15, -0.1) is 0 Å². The van der Waals surface area contributed by atoms with Gasteiger partial charge in [0.1, 0.15) is 0 Å². The van der Waals surface area contributed by atoms with E-state index in [1.54, 1.807) is 18.9 Å². The summed E-state index contributed by atoms with van der Waals surface area (Å²) in [6, 6.07) is 17.2. The molecule has 0 unspecified atom stereocenters. The average molecular weight is 435 g/mol. The van der Waals surface area contributed by atoms with Gasteiger partial charge in [-0.2, -0.15) is 0 Å². The van der Waals surface area contributed by atoms with Gasteiger partial charge in [-0.05, 0) is 43.0 Å². The fraction of sp³-hybridized carbons (Fsp3) is 0.409.